The Balaban J connectivity index is 1.37. The Morgan fingerprint density at radius 1 is 0.829 bits per heavy atom. The standard InChI is InChI=1S/C32H36N2O7/c1-2-3-8-30(35)40-25-14-16-26(17-15-25)41-31(36)18-11-22-9-12-24(13-10-22)39-19-6-4-5-7-27-28(32(37)38)20-23(33)21-29(27)34/h9-18,20-21H,2-8,19,33-34H2,1H3,(H,37,38)/b18-11+. The van der Waals surface area contributed by atoms with Crippen LogP contribution >= 0.6 is 0 Å². The van der Waals surface area contributed by atoms with Crippen LogP contribution in [0.4, 0.5) is 11.4 Å². The predicted molar refractivity (Wildman–Crippen MR) is 158 cm³/mol. The van der Waals surface area contributed by atoms with Crippen molar-refractivity contribution >= 4 is 35.4 Å². The Bertz CT molecular complexity index is 1350. The Morgan fingerprint density at radius 3 is 2.15 bits per heavy atom. The number of aromatic carboxylic acids is 1. The number of carboxylic acids is 1. The third-order valence-electron chi connectivity index (χ3n) is 6.18. The normalized spacial score (nSPS) is 10.9. The van der Waals surface area contributed by atoms with Gasteiger partial charge in [0.2, 0.25) is 0 Å². The smallest absolute Gasteiger partial charge is 0.336 e. The van der Waals surface area contributed by atoms with Crippen molar-refractivity contribution in [3.8, 4) is 17.2 Å². The lowest BCUT2D eigenvalue weighted by atomic mass is 9.98. The number of esters is 2. The molecular formula is C32H36N2O7. The number of benzene rings is 3. The van der Waals surface area contributed by atoms with Gasteiger partial charge in [0.15, 0.2) is 0 Å². The van der Waals surface area contributed by atoms with Crippen LogP contribution in [-0.4, -0.2) is 29.6 Å². The number of nitrogen functional groups attached to an aromatic ring is 2. The minimum atomic E-state index is -1.04. The topological polar surface area (TPSA) is 151 Å². The number of rotatable bonds is 15. The molecule has 0 saturated heterocycles. The number of carbonyl (C=O) groups excluding carboxylic acids is 2. The van der Waals surface area contributed by atoms with Crippen LogP contribution in [0, 0.1) is 0 Å². The van der Waals surface area contributed by atoms with Crippen molar-refractivity contribution in [2.24, 2.45) is 0 Å². The van der Waals surface area contributed by atoms with Crippen molar-refractivity contribution in [2.45, 2.75) is 51.9 Å². The fourth-order valence-electron chi connectivity index (χ4n) is 4.03. The number of unbranched alkanes of at least 4 members (excludes halogenated alkanes) is 3. The van der Waals surface area contributed by atoms with E-state index in [2.05, 4.69) is 0 Å². The molecule has 0 saturated carbocycles. The predicted octanol–water partition coefficient (Wildman–Crippen LogP) is 6.06. The van der Waals surface area contributed by atoms with Gasteiger partial charge in [-0.1, -0.05) is 25.5 Å². The molecule has 0 fully saturated rings. The van der Waals surface area contributed by atoms with Gasteiger partial charge in [-0.2, -0.15) is 0 Å². The molecular weight excluding hydrogens is 524 g/mol. The zero-order chi connectivity index (χ0) is 29.6. The number of carbonyl (C=O) groups is 3. The summed E-state index contributed by atoms with van der Waals surface area (Å²) < 4.78 is 16.3. The van der Waals surface area contributed by atoms with Crippen molar-refractivity contribution in [3.63, 3.8) is 0 Å². The molecule has 0 aliphatic carbocycles. The van der Waals surface area contributed by atoms with Crippen LogP contribution in [0.3, 0.4) is 0 Å². The highest BCUT2D eigenvalue weighted by atomic mass is 16.5. The van der Waals surface area contributed by atoms with Gasteiger partial charge in [0.25, 0.3) is 0 Å². The van der Waals surface area contributed by atoms with E-state index in [1.807, 2.05) is 31.2 Å². The van der Waals surface area contributed by atoms with Crippen molar-refractivity contribution < 1.29 is 33.7 Å². The van der Waals surface area contributed by atoms with Gasteiger partial charge >= 0.3 is 17.9 Å². The molecule has 0 unspecified atom stereocenters. The number of hydrogen-bond donors (Lipinski definition) is 3. The summed E-state index contributed by atoms with van der Waals surface area (Å²) in [6, 6.07) is 16.6. The van der Waals surface area contributed by atoms with Gasteiger partial charge in [-0.15, -0.1) is 0 Å². The molecule has 3 aromatic rings. The molecule has 9 heteroatoms. The van der Waals surface area contributed by atoms with E-state index in [-0.39, 0.29) is 11.5 Å². The third-order valence-corrected chi connectivity index (χ3v) is 6.18. The van der Waals surface area contributed by atoms with Crippen molar-refractivity contribution in [1.82, 2.24) is 0 Å². The van der Waals surface area contributed by atoms with Gasteiger partial charge in [0, 0.05) is 23.9 Å². The van der Waals surface area contributed by atoms with Gasteiger partial charge in [-0.3, -0.25) is 4.79 Å². The first kappa shape index (κ1) is 30.7. The van der Waals surface area contributed by atoms with Crippen molar-refractivity contribution in [2.75, 3.05) is 18.1 Å². The zero-order valence-electron chi connectivity index (χ0n) is 23.1. The van der Waals surface area contributed by atoms with Crippen LogP contribution in [0.5, 0.6) is 17.2 Å². The molecule has 0 spiro atoms. The van der Waals surface area contributed by atoms with E-state index in [0.717, 1.165) is 37.7 Å². The molecule has 9 nitrogen and oxygen atoms in total. The van der Waals surface area contributed by atoms with E-state index in [9.17, 15) is 19.5 Å². The van der Waals surface area contributed by atoms with Crippen molar-refractivity contribution in [1.29, 1.82) is 0 Å². The summed E-state index contributed by atoms with van der Waals surface area (Å²) >= 11 is 0. The maximum atomic E-state index is 12.2. The van der Waals surface area contributed by atoms with Gasteiger partial charge in [-0.05, 0) is 97.8 Å². The maximum absolute atomic E-state index is 12.2. The lowest BCUT2D eigenvalue weighted by Crippen LogP contribution is -2.08. The van der Waals surface area contributed by atoms with Crippen LogP contribution < -0.4 is 25.7 Å². The monoisotopic (exact) mass is 560 g/mol. The summed E-state index contributed by atoms with van der Waals surface area (Å²) in [6.45, 7) is 2.52. The molecule has 41 heavy (non-hydrogen) atoms. The van der Waals surface area contributed by atoms with Gasteiger partial charge in [-0.25, -0.2) is 9.59 Å². The summed E-state index contributed by atoms with van der Waals surface area (Å²) in [4.78, 5) is 35.4. The van der Waals surface area contributed by atoms with E-state index >= 15 is 0 Å². The summed E-state index contributed by atoms with van der Waals surface area (Å²) in [5, 5.41) is 9.40. The lowest BCUT2D eigenvalue weighted by molar-refractivity contribution is -0.134. The second-order valence-electron chi connectivity index (χ2n) is 9.47. The fourth-order valence-corrected chi connectivity index (χ4v) is 4.03. The zero-order valence-corrected chi connectivity index (χ0v) is 23.1. The van der Waals surface area contributed by atoms with Crippen LogP contribution in [0.1, 0.15) is 66.9 Å². The lowest BCUT2D eigenvalue weighted by Gasteiger charge is -2.11. The molecule has 216 valence electrons. The Labute approximate surface area is 239 Å². The summed E-state index contributed by atoms with van der Waals surface area (Å²) in [6.07, 6.45) is 8.00. The minimum absolute atomic E-state index is 0.150. The van der Waals surface area contributed by atoms with Crippen LogP contribution in [0.25, 0.3) is 6.08 Å². The van der Waals surface area contributed by atoms with Crippen molar-refractivity contribution in [3.05, 3.63) is 83.4 Å². The molecule has 0 aliphatic rings. The molecule has 0 amide bonds. The summed E-state index contributed by atoms with van der Waals surface area (Å²) in [7, 11) is 0. The highest BCUT2D eigenvalue weighted by Crippen LogP contribution is 2.24. The molecule has 3 rings (SSSR count). The van der Waals surface area contributed by atoms with E-state index in [1.165, 1.54) is 12.1 Å². The Hall–Kier alpha value is -4.79. The molecule has 0 aromatic heterocycles. The number of carboxylic acid groups (broad SMARTS) is 1. The van der Waals surface area contributed by atoms with Gasteiger partial charge in [0.05, 0.1) is 12.2 Å². The van der Waals surface area contributed by atoms with E-state index in [0.29, 0.717) is 53.6 Å². The average Bonchev–Trinajstić information content (AvgIpc) is 2.95. The molecule has 5 N–H and O–H groups in total. The second kappa shape index (κ2) is 15.7. The number of nitrogens with two attached hydrogens (primary N) is 2. The third kappa shape index (κ3) is 10.4. The minimum Gasteiger partial charge on any atom is -0.494 e. The highest BCUT2D eigenvalue weighted by molar-refractivity contribution is 5.92. The summed E-state index contributed by atoms with van der Waals surface area (Å²) in [5.41, 5.74) is 14.0. The van der Waals surface area contributed by atoms with Gasteiger partial charge < -0.3 is 30.8 Å². The second-order valence-corrected chi connectivity index (χ2v) is 9.47. The first-order valence-electron chi connectivity index (χ1n) is 13.6. The Morgan fingerprint density at radius 2 is 1.49 bits per heavy atom. The number of anilines is 2. The maximum Gasteiger partial charge on any atom is 0.336 e. The van der Waals surface area contributed by atoms with Crippen LogP contribution in [-0.2, 0) is 16.0 Å². The SMILES string of the molecule is CCCCC(=O)Oc1ccc(OC(=O)/C=C/c2ccc(OCCCCCc3c(N)cc(N)cc3C(=O)O)cc2)cc1. The quantitative estimate of drug-likeness (QED) is 0.0662. The molecule has 0 aliphatic heterocycles. The first-order chi connectivity index (χ1) is 19.7. The highest BCUT2D eigenvalue weighted by Gasteiger charge is 2.14. The van der Waals surface area contributed by atoms with E-state index < -0.39 is 11.9 Å². The van der Waals surface area contributed by atoms with Crippen LogP contribution in [0.15, 0.2) is 66.7 Å². The molecule has 0 radical (unpaired) electrons. The first-order valence-corrected chi connectivity index (χ1v) is 13.6. The summed E-state index contributed by atoms with van der Waals surface area (Å²) in [5.74, 6) is -0.404. The number of ether oxygens (including phenoxy) is 3. The molecule has 0 bridgehead atoms. The van der Waals surface area contributed by atoms with Crippen LogP contribution in [0.2, 0.25) is 0 Å². The molecule has 0 atom stereocenters. The Kier molecular flexibility index (Phi) is 11.8. The largest absolute Gasteiger partial charge is 0.494 e. The van der Waals surface area contributed by atoms with E-state index in [4.69, 9.17) is 25.7 Å². The number of hydrogen-bond acceptors (Lipinski definition) is 8. The van der Waals surface area contributed by atoms with Gasteiger partial charge in [0.1, 0.15) is 17.2 Å². The van der Waals surface area contributed by atoms with E-state index in [1.54, 1.807) is 36.4 Å². The fraction of sp³-hybridized carbons (Fsp3) is 0.281. The molecule has 0 heterocycles. The molecule has 3 aromatic carbocycles. The average molecular weight is 561 g/mol.